The average molecular weight is 376 g/mol. The molecule has 144 valence electrons. The summed E-state index contributed by atoms with van der Waals surface area (Å²) in [5, 5.41) is 2.80. The summed E-state index contributed by atoms with van der Waals surface area (Å²) in [5.41, 5.74) is 0.525. The number of halogens is 1. The van der Waals surface area contributed by atoms with Crippen LogP contribution in [-0.2, 0) is 0 Å². The Morgan fingerprint density at radius 2 is 1.63 bits per heavy atom. The van der Waals surface area contributed by atoms with Crippen molar-refractivity contribution in [2.45, 2.75) is 6.10 Å². The van der Waals surface area contributed by atoms with Gasteiger partial charge in [0.25, 0.3) is 0 Å². The zero-order valence-corrected chi connectivity index (χ0v) is 15.3. The molecule has 2 aromatic carbocycles. The largest absolute Gasteiger partial charge is 0.493 e. The number of urea groups is 1. The van der Waals surface area contributed by atoms with Gasteiger partial charge in [-0.3, -0.25) is 0 Å². The molecule has 8 heteroatoms. The van der Waals surface area contributed by atoms with E-state index in [9.17, 15) is 9.18 Å². The number of rotatable bonds is 6. The number of anilines is 1. The first-order valence-corrected chi connectivity index (χ1v) is 8.32. The van der Waals surface area contributed by atoms with Crippen LogP contribution in [0.15, 0.2) is 36.4 Å². The predicted molar refractivity (Wildman–Crippen MR) is 97.5 cm³/mol. The summed E-state index contributed by atoms with van der Waals surface area (Å²) in [6.45, 7) is 0.876. The number of likely N-dealkylation sites (tertiary alicyclic amines) is 1. The highest BCUT2D eigenvalue weighted by Gasteiger charge is 2.32. The zero-order chi connectivity index (χ0) is 19.4. The molecule has 0 aliphatic carbocycles. The van der Waals surface area contributed by atoms with Crippen LogP contribution in [0.2, 0.25) is 0 Å². The maximum Gasteiger partial charge on any atom is 0.322 e. The third-order valence-corrected chi connectivity index (χ3v) is 4.17. The molecule has 0 radical (unpaired) electrons. The molecule has 0 unspecified atom stereocenters. The van der Waals surface area contributed by atoms with Crippen LogP contribution in [0.4, 0.5) is 14.9 Å². The standard InChI is InChI=1S/C19H21FN2O5/c1-24-16-8-13(9-17(25-2)18(16)26-3)21-19(23)22-10-15(11-22)27-14-6-4-12(20)5-7-14/h4-9,15H,10-11H2,1-3H3,(H,21,23). The van der Waals surface area contributed by atoms with E-state index in [1.165, 1.54) is 33.5 Å². The summed E-state index contributed by atoms with van der Waals surface area (Å²) in [7, 11) is 4.53. The van der Waals surface area contributed by atoms with Crippen LogP contribution in [0.1, 0.15) is 0 Å². The first kappa shape index (κ1) is 18.6. The van der Waals surface area contributed by atoms with Gasteiger partial charge in [0.1, 0.15) is 17.7 Å². The van der Waals surface area contributed by atoms with Crippen molar-refractivity contribution in [2.24, 2.45) is 0 Å². The molecular weight excluding hydrogens is 355 g/mol. The first-order valence-electron chi connectivity index (χ1n) is 8.32. The summed E-state index contributed by atoms with van der Waals surface area (Å²) in [6.07, 6.45) is -0.124. The van der Waals surface area contributed by atoms with E-state index in [1.54, 1.807) is 29.2 Å². The van der Waals surface area contributed by atoms with Crippen molar-refractivity contribution in [1.29, 1.82) is 0 Å². The number of benzene rings is 2. The van der Waals surface area contributed by atoms with Crippen molar-refractivity contribution in [3.63, 3.8) is 0 Å². The Labute approximate surface area is 156 Å². The van der Waals surface area contributed by atoms with Crippen molar-refractivity contribution in [3.8, 4) is 23.0 Å². The summed E-state index contributed by atoms with van der Waals surface area (Å²) in [4.78, 5) is 14.0. The molecule has 0 atom stereocenters. The van der Waals surface area contributed by atoms with Crippen LogP contribution in [0, 0.1) is 5.82 Å². The van der Waals surface area contributed by atoms with Gasteiger partial charge in [0.2, 0.25) is 5.75 Å². The molecule has 0 spiro atoms. The van der Waals surface area contributed by atoms with Crippen molar-refractivity contribution in [2.75, 3.05) is 39.7 Å². The lowest BCUT2D eigenvalue weighted by molar-refractivity contribution is 0.0492. The van der Waals surface area contributed by atoms with Crippen LogP contribution >= 0.6 is 0 Å². The fraction of sp³-hybridized carbons (Fsp3) is 0.316. The SMILES string of the molecule is COc1cc(NC(=O)N2CC(Oc3ccc(F)cc3)C2)cc(OC)c1OC. The van der Waals surface area contributed by atoms with E-state index in [2.05, 4.69) is 5.32 Å². The molecule has 0 saturated carbocycles. The van der Waals surface area contributed by atoms with Crippen molar-refractivity contribution < 1.29 is 28.1 Å². The van der Waals surface area contributed by atoms with Crippen molar-refractivity contribution >= 4 is 11.7 Å². The number of nitrogens with zero attached hydrogens (tertiary/aromatic N) is 1. The maximum absolute atomic E-state index is 12.9. The Hall–Kier alpha value is -3.16. The smallest absolute Gasteiger partial charge is 0.322 e. The molecule has 3 rings (SSSR count). The second kappa shape index (κ2) is 8.03. The van der Waals surface area contributed by atoms with Crippen LogP contribution in [0.25, 0.3) is 0 Å². The zero-order valence-electron chi connectivity index (χ0n) is 15.3. The number of carbonyl (C=O) groups is 1. The fourth-order valence-corrected chi connectivity index (χ4v) is 2.74. The lowest BCUT2D eigenvalue weighted by atomic mass is 10.2. The Morgan fingerprint density at radius 1 is 1.04 bits per heavy atom. The molecule has 1 N–H and O–H groups in total. The van der Waals surface area contributed by atoms with Gasteiger partial charge in [0.05, 0.1) is 40.1 Å². The molecule has 1 heterocycles. The summed E-state index contributed by atoms with van der Waals surface area (Å²) in [6, 6.07) is 8.86. The summed E-state index contributed by atoms with van der Waals surface area (Å²) < 4.78 is 34.4. The minimum absolute atomic E-state index is 0.124. The second-order valence-corrected chi connectivity index (χ2v) is 5.94. The van der Waals surface area contributed by atoms with Crippen LogP contribution in [0.5, 0.6) is 23.0 Å². The van der Waals surface area contributed by atoms with Crippen LogP contribution in [0.3, 0.4) is 0 Å². The number of nitrogens with one attached hydrogen (secondary N) is 1. The number of ether oxygens (including phenoxy) is 4. The van der Waals surface area contributed by atoms with Gasteiger partial charge in [0.15, 0.2) is 11.5 Å². The van der Waals surface area contributed by atoms with Gasteiger partial charge in [-0.25, -0.2) is 9.18 Å². The number of methoxy groups -OCH3 is 3. The molecule has 2 amide bonds. The lowest BCUT2D eigenvalue weighted by Gasteiger charge is -2.38. The van der Waals surface area contributed by atoms with Gasteiger partial charge < -0.3 is 29.2 Å². The second-order valence-electron chi connectivity index (χ2n) is 5.94. The van der Waals surface area contributed by atoms with Gasteiger partial charge in [0, 0.05) is 12.1 Å². The monoisotopic (exact) mass is 376 g/mol. The van der Waals surface area contributed by atoms with Gasteiger partial charge >= 0.3 is 6.03 Å². The maximum atomic E-state index is 12.9. The molecule has 1 aliphatic rings. The van der Waals surface area contributed by atoms with Crippen molar-refractivity contribution in [1.82, 2.24) is 4.90 Å². The number of amides is 2. The molecule has 27 heavy (non-hydrogen) atoms. The highest BCUT2D eigenvalue weighted by Crippen LogP contribution is 2.40. The molecule has 1 saturated heterocycles. The van der Waals surface area contributed by atoms with Crippen LogP contribution in [-0.4, -0.2) is 51.5 Å². The summed E-state index contributed by atoms with van der Waals surface area (Å²) >= 11 is 0. The molecule has 1 aliphatic heterocycles. The van der Waals surface area contributed by atoms with Crippen LogP contribution < -0.4 is 24.3 Å². The Morgan fingerprint density at radius 3 is 2.15 bits per heavy atom. The predicted octanol–water partition coefficient (Wildman–Crippen LogP) is 3.15. The van der Waals surface area contributed by atoms with Gasteiger partial charge in [-0.05, 0) is 24.3 Å². The molecule has 0 aromatic heterocycles. The quantitative estimate of drug-likeness (QED) is 0.839. The van der Waals surface area contributed by atoms with E-state index in [4.69, 9.17) is 18.9 Å². The van der Waals surface area contributed by atoms with E-state index in [-0.39, 0.29) is 18.0 Å². The number of hydrogen-bond acceptors (Lipinski definition) is 5. The number of hydrogen-bond donors (Lipinski definition) is 1. The third-order valence-electron chi connectivity index (χ3n) is 4.17. The lowest BCUT2D eigenvalue weighted by Crippen LogP contribution is -2.57. The molecule has 7 nitrogen and oxygen atoms in total. The van der Waals surface area contributed by atoms with Gasteiger partial charge in [-0.2, -0.15) is 0 Å². The molecule has 0 bridgehead atoms. The first-order chi connectivity index (χ1) is 13.0. The fourth-order valence-electron chi connectivity index (χ4n) is 2.74. The minimum atomic E-state index is -0.317. The van der Waals surface area contributed by atoms with Gasteiger partial charge in [-0.1, -0.05) is 0 Å². The molecule has 2 aromatic rings. The number of carbonyl (C=O) groups excluding carboxylic acids is 1. The Bertz CT molecular complexity index is 781. The minimum Gasteiger partial charge on any atom is -0.493 e. The molecule has 1 fully saturated rings. The highest BCUT2D eigenvalue weighted by molar-refractivity contribution is 5.90. The molecular formula is C19H21FN2O5. The van der Waals surface area contributed by atoms with E-state index >= 15 is 0 Å². The Balaban J connectivity index is 1.58. The van der Waals surface area contributed by atoms with E-state index in [0.717, 1.165) is 0 Å². The average Bonchev–Trinajstić information content (AvgIpc) is 2.64. The third kappa shape index (κ3) is 4.16. The Kier molecular flexibility index (Phi) is 5.54. The van der Waals surface area contributed by atoms with E-state index < -0.39 is 0 Å². The highest BCUT2D eigenvalue weighted by atomic mass is 19.1. The van der Waals surface area contributed by atoms with Gasteiger partial charge in [-0.15, -0.1) is 0 Å². The normalized spacial score (nSPS) is 13.6. The van der Waals surface area contributed by atoms with E-state index in [0.29, 0.717) is 41.8 Å². The van der Waals surface area contributed by atoms with E-state index in [1.807, 2.05) is 0 Å². The topological polar surface area (TPSA) is 69.3 Å². The van der Waals surface area contributed by atoms with Crippen molar-refractivity contribution in [3.05, 3.63) is 42.2 Å². The summed E-state index contributed by atoms with van der Waals surface area (Å²) in [5.74, 6) is 1.62.